The second kappa shape index (κ2) is 9.80. The first-order valence-corrected chi connectivity index (χ1v) is 11.5. The molecule has 9 nitrogen and oxygen atoms in total. The number of hydrogen-bond donors (Lipinski definition) is 3. The first-order chi connectivity index (χ1) is 15.7. The zero-order valence-electron chi connectivity index (χ0n) is 19.5. The minimum absolute atomic E-state index is 0.00646. The van der Waals surface area contributed by atoms with Gasteiger partial charge in [-0.15, -0.1) is 13.2 Å². The van der Waals surface area contributed by atoms with E-state index in [0.717, 1.165) is 0 Å². The van der Waals surface area contributed by atoms with E-state index in [-0.39, 0.29) is 30.1 Å². The molecule has 4 aliphatic rings. The minimum atomic E-state index is -5.01. The van der Waals surface area contributed by atoms with E-state index in [1.54, 1.807) is 0 Å². The zero-order chi connectivity index (χ0) is 25.3. The largest absolute Gasteiger partial charge is 0.522 e. The van der Waals surface area contributed by atoms with Crippen LogP contribution in [0.15, 0.2) is 0 Å². The molecule has 3 saturated heterocycles. The molecular weight excluding hydrogens is 459 g/mol. The van der Waals surface area contributed by atoms with E-state index >= 15 is 0 Å². The fourth-order valence-electron chi connectivity index (χ4n) is 5.01. The topological polar surface area (TPSA) is 123 Å². The number of carbonyl (C=O) groups excluding carboxylic acids is 4. The highest BCUT2D eigenvalue weighted by Gasteiger charge is 2.64. The van der Waals surface area contributed by atoms with Crippen LogP contribution in [0.2, 0.25) is 0 Å². The molecule has 0 aromatic rings. The molecule has 4 fully saturated rings. The Morgan fingerprint density at radius 3 is 2.38 bits per heavy atom. The Morgan fingerprint density at radius 1 is 1.21 bits per heavy atom. The van der Waals surface area contributed by atoms with Crippen LogP contribution < -0.4 is 16.0 Å². The highest BCUT2D eigenvalue weighted by molar-refractivity contribution is 5.95. The summed E-state index contributed by atoms with van der Waals surface area (Å²) in [5, 5.41) is 7.77. The average molecular weight is 492 g/mol. The van der Waals surface area contributed by atoms with Crippen LogP contribution >= 0.6 is 0 Å². The summed E-state index contributed by atoms with van der Waals surface area (Å²) < 4.78 is 46.7. The van der Waals surface area contributed by atoms with E-state index in [4.69, 9.17) is 4.74 Å². The van der Waals surface area contributed by atoms with E-state index in [1.165, 1.54) is 0 Å². The lowest BCUT2D eigenvalue weighted by Crippen LogP contribution is -2.60. The molecule has 3 aliphatic heterocycles. The van der Waals surface area contributed by atoms with Gasteiger partial charge in [-0.1, -0.05) is 20.8 Å². The van der Waals surface area contributed by atoms with Crippen LogP contribution in [-0.4, -0.2) is 67.3 Å². The Balaban J connectivity index is 1.69. The number of fused-ring (bicyclic) bond motifs is 1. The van der Waals surface area contributed by atoms with Crippen molar-refractivity contribution in [2.24, 2.45) is 17.3 Å². The van der Waals surface area contributed by atoms with Gasteiger partial charge in [-0.25, -0.2) is 0 Å². The first kappa shape index (κ1) is 26.4. The average Bonchev–Trinajstić information content (AvgIpc) is 3.37. The fraction of sp³-hybridized carbons (Fsp3) is 0.818. The number of hydrogen-bond acceptors (Lipinski definition) is 6. The van der Waals surface area contributed by atoms with E-state index < -0.39 is 54.2 Å². The van der Waals surface area contributed by atoms with Crippen molar-refractivity contribution in [2.75, 3.05) is 19.8 Å². The lowest BCUT2D eigenvalue weighted by molar-refractivity contribution is -0.321. The molecule has 2 bridgehead atoms. The molecule has 1 aliphatic carbocycles. The number of halogens is 3. The maximum atomic E-state index is 13.1. The summed E-state index contributed by atoms with van der Waals surface area (Å²) >= 11 is 0. The molecule has 4 rings (SSSR count). The van der Waals surface area contributed by atoms with Crippen LogP contribution in [0, 0.1) is 17.3 Å². The van der Waals surface area contributed by atoms with Crippen molar-refractivity contribution in [3.63, 3.8) is 0 Å². The van der Waals surface area contributed by atoms with Gasteiger partial charge >= 0.3 is 6.36 Å². The van der Waals surface area contributed by atoms with Gasteiger partial charge in [0.05, 0.1) is 12.6 Å². The van der Waals surface area contributed by atoms with Gasteiger partial charge in [0.25, 0.3) is 5.91 Å². The lowest BCUT2D eigenvalue weighted by atomic mass is 9.63. The summed E-state index contributed by atoms with van der Waals surface area (Å²) in [6.45, 7) is 5.26. The normalized spacial score (nSPS) is 29.9. The Labute approximate surface area is 195 Å². The standard InChI is InChI=1S/C22H32F3N3O6/c1-12(2)6-15(28-19(32)21-9-20(3,10-21)11-34-21)18(31)27-14(7-13-4-5-26-17(13)30)16(29)8-33-22(23,24)25/h12-15H,4-11H2,1-3H3,(H,26,30)(H,27,31)(H,28,32)/t13-,14-,15-,20?,21?/m0/s1. The third kappa shape index (κ3) is 6.26. The summed E-state index contributed by atoms with van der Waals surface area (Å²) in [6.07, 6.45) is -3.44. The molecular formula is C22H32F3N3O6. The Bertz CT molecular complexity index is 825. The van der Waals surface area contributed by atoms with Crippen molar-refractivity contribution in [3.8, 4) is 0 Å². The molecule has 192 valence electrons. The van der Waals surface area contributed by atoms with Gasteiger partial charge in [0.2, 0.25) is 11.8 Å². The number of Topliss-reactive ketones (excluding diaryl/α,β-unsaturated/α-hetero) is 1. The van der Waals surface area contributed by atoms with Crippen molar-refractivity contribution in [2.45, 2.75) is 76.9 Å². The predicted octanol–water partition coefficient (Wildman–Crippen LogP) is 1.20. The van der Waals surface area contributed by atoms with Gasteiger partial charge < -0.3 is 20.7 Å². The summed E-state index contributed by atoms with van der Waals surface area (Å²) in [6, 6.07) is -2.39. The van der Waals surface area contributed by atoms with Gasteiger partial charge in [-0.05, 0) is 43.4 Å². The van der Waals surface area contributed by atoms with Crippen LogP contribution in [0.3, 0.4) is 0 Å². The zero-order valence-corrected chi connectivity index (χ0v) is 19.5. The van der Waals surface area contributed by atoms with Crippen LogP contribution in [0.25, 0.3) is 0 Å². The molecule has 34 heavy (non-hydrogen) atoms. The van der Waals surface area contributed by atoms with Crippen LogP contribution in [0.4, 0.5) is 13.2 Å². The quantitative estimate of drug-likeness (QED) is 0.399. The second-order valence-electron chi connectivity index (χ2n) is 10.4. The molecule has 12 heteroatoms. The summed E-state index contributed by atoms with van der Waals surface area (Å²) in [5.74, 6) is -3.09. The van der Waals surface area contributed by atoms with E-state index in [1.807, 2.05) is 20.8 Å². The predicted molar refractivity (Wildman–Crippen MR) is 112 cm³/mol. The van der Waals surface area contributed by atoms with Gasteiger partial charge in [0.15, 0.2) is 5.78 Å². The Morgan fingerprint density at radius 2 is 1.88 bits per heavy atom. The monoisotopic (exact) mass is 491 g/mol. The molecule has 3 N–H and O–H groups in total. The Kier molecular flexibility index (Phi) is 7.61. The third-order valence-electron chi connectivity index (χ3n) is 6.63. The van der Waals surface area contributed by atoms with Crippen LogP contribution in [0.1, 0.15) is 52.9 Å². The molecule has 1 saturated carbocycles. The lowest BCUT2D eigenvalue weighted by Gasteiger charge is -2.41. The first-order valence-electron chi connectivity index (χ1n) is 11.5. The SMILES string of the molecule is CC(C)C[C@H](NC(=O)C12CC(C)(CO1)C2)C(=O)N[C@@H](C[C@@H]1CCNC1=O)C(=O)COC(F)(F)F. The molecule has 0 spiro atoms. The third-order valence-corrected chi connectivity index (χ3v) is 6.63. The Hall–Kier alpha value is -2.21. The van der Waals surface area contributed by atoms with Crippen molar-refractivity contribution < 1.29 is 41.8 Å². The number of carbonyl (C=O) groups is 4. The summed E-state index contributed by atoms with van der Waals surface area (Å²) in [5.41, 5.74) is -1.02. The van der Waals surface area contributed by atoms with Crippen molar-refractivity contribution >= 4 is 23.5 Å². The van der Waals surface area contributed by atoms with E-state index in [2.05, 4.69) is 20.7 Å². The number of ether oxygens (including phenoxy) is 2. The van der Waals surface area contributed by atoms with Crippen molar-refractivity contribution in [1.29, 1.82) is 0 Å². The van der Waals surface area contributed by atoms with Gasteiger partial charge in [0.1, 0.15) is 18.2 Å². The molecule has 3 atom stereocenters. The van der Waals surface area contributed by atoms with Gasteiger partial charge in [0, 0.05) is 12.5 Å². The smallest absolute Gasteiger partial charge is 0.365 e. The maximum Gasteiger partial charge on any atom is 0.522 e. The number of alkyl halides is 3. The van der Waals surface area contributed by atoms with Gasteiger partial charge in [-0.2, -0.15) is 0 Å². The molecule has 0 aromatic carbocycles. The van der Waals surface area contributed by atoms with Gasteiger partial charge in [-0.3, -0.25) is 23.9 Å². The fourth-order valence-corrected chi connectivity index (χ4v) is 5.01. The molecule has 3 amide bonds. The highest BCUT2D eigenvalue weighted by Crippen LogP contribution is 2.57. The highest BCUT2D eigenvalue weighted by atomic mass is 19.4. The number of rotatable bonds is 11. The summed E-state index contributed by atoms with van der Waals surface area (Å²) in [7, 11) is 0. The van der Waals surface area contributed by atoms with Crippen LogP contribution in [-0.2, 0) is 28.7 Å². The minimum Gasteiger partial charge on any atom is -0.365 e. The molecule has 0 unspecified atom stereocenters. The number of nitrogens with one attached hydrogen (secondary N) is 3. The van der Waals surface area contributed by atoms with Crippen LogP contribution in [0.5, 0.6) is 0 Å². The van der Waals surface area contributed by atoms with E-state index in [9.17, 15) is 32.3 Å². The number of ketones is 1. The second-order valence-corrected chi connectivity index (χ2v) is 10.4. The van der Waals surface area contributed by atoms with Crippen molar-refractivity contribution in [1.82, 2.24) is 16.0 Å². The molecule has 3 heterocycles. The summed E-state index contributed by atoms with van der Waals surface area (Å²) in [4.78, 5) is 50.5. The van der Waals surface area contributed by atoms with Crippen molar-refractivity contribution in [3.05, 3.63) is 0 Å². The molecule has 0 aromatic heterocycles. The van der Waals surface area contributed by atoms with E-state index in [0.29, 0.717) is 32.4 Å². The number of amides is 3. The molecule has 0 radical (unpaired) electrons. The maximum absolute atomic E-state index is 13.1.